The van der Waals surface area contributed by atoms with Gasteiger partial charge in [-0.2, -0.15) is 5.10 Å². The fraction of sp³-hybridized carbons (Fsp3) is 0.400. The molecule has 2 heterocycles. The highest BCUT2D eigenvalue weighted by atomic mass is 16.1. The van der Waals surface area contributed by atoms with Crippen LogP contribution in [0.1, 0.15) is 32.0 Å². The lowest BCUT2D eigenvalue weighted by Crippen LogP contribution is -2.24. The molecular weight excluding hydrogens is 268 g/mol. The SMILES string of the molecule is Cc1cccc(=O)n1CCC(=O)Nc1cnn(C(C)C)c1. The van der Waals surface area contributed by atoms with E-state index >= 15 is 0 Å². The van der Waals surface area contributed by atoms with Crippen LogP contribution in [0.5, 0.6) is 0 Å². The molecular formula is C15H20N4O2. The van der Waals surface area contributed by atoms with E-state index in [2.05, 4.69) is 10.4 Å². The van der Waals surface area contributed by atoms with Crippen molar-refractivity contribution < 1.29 is 4.79 Å². The van der Waals surface area contributed by atoms with Crippen molar-refractivity contribution in [1.82, 2.24) is 14.3 Å². The van der Waals surface area contributed by atoms with Gasteiger partial charge in [-0.1, -0.05) is 6.07 Å². The van der Waals surface area contributed by atoms with Gasteiger partial charge >= 0.3 is 0 Å². The van der Waals surface area contributed by atoms with E-state index < -0.39 is 0 Å². The summed E-state index contributed by atoms with van der Waals surface area (Å²) in [7, 11) is 0. The molecule has 112 valence electrons. The second-order valence-corrected chi connectivity index (χ2v) is 5.26. The van der Waals surface area contributed by atoms with Crippen molar-refractivity contribution in [1.29, 1.82) is 0 Å². The molecule has 0 aliphatic rings. The van der Waals surface area contributed by atoms with Crippen LogP contribution in [0, 0.1) is 6.92 Å². The quantitative estimate of drug-likeness (QED) is 0.914. The molecule has 0 aliphatic heterocycles. The van der Waals surface area contributed by atoms with Gasteiger partial charge in [0.1, 0.15) is 0 Å². The van der Waals surface area contributed by atoms with Crippen LogP contribution in [0.15, 0.2) is 35.4 Å². The number of carbonyl (C=O) groups is 1. The average Bonchev–Trinajstić information content (AvgIpc) is 2.87. The summed E-state index contributed by atoms with van der Waals surface area (Å²) in [6.07, 6.45) is 3.66. The third kappa shape index (κ3) is 3.81. The van der Waals surface area contributed by atoms with Gasteiger partial charge in [-0.25, -0.2) is 0 Å². The summed E-state index contributed by atoms with van der Waals surface area (Å²) >= 11 is 0. The lowest BCUT2D eigenvalue weighted by Gasteiger charge is -2.09. The van der Waals surface area contributed by atoms with E-state index in [1.807, 2.05) is 26.8 Å². The van der Waals surface area contributed by atoms with Crippen LogP contribution in [0.2, 0.25) is 0 Å². The molecule has 0 radical (unpaired) electrons. The zero-order chi connectivity index (χ0) is 15.4. The number of amides is 1. The minimum atomic E-state index is -0.131. The molecule has 0 bridgehead atoms. The Balaban J connectivity index is 1.94. The number of hydrogen-bond acceptors (Lipinski definition) is 3. The van der Waals surface area contributed by atoms with E-state index in [-0.39, 0.29) is 23.9 Å². The first-order chi connectivity index (χ1) is 9.97. The van der Waals surface area contributed by atoms with Crippen molar-refractivity contribution in [3.05, 3.63) is 46.6 Å². The molecule has 0 unspecified atom stereocenters. The van der Waals surface area contributed by atoms with E-state index in [0.717, 1.165) is 5.69 Å². The number of pyridine rings is 1. The maximum atomic E-state index is 11.9. The minimum absolute atomic E-state index is 0.0876. The molecule has 0 spiro atoms. The Labute approximate surface area is 123 Å². The van der Waals surface area contributed by atoms with Gasteiger partial charge in [0, 0.05) is 37.0 Å². The Morgan fingerprint density at radius 2 is 2.14 bits per heavy atom. The molecule has 0 saturated carbocycles. The lowest BCUT2D eigenvalue weighted by molar-refractivity contribution is -0.116. The molecule has 21 heavy (non-hydrogen) atoms. The van der Waals surface area contributed by atoms with Gasteiger partial charge in [0.25, 0.3) is 5.56 Å². The molecule has 0 fully saturated rings. The minimum Gasteiger partial charge on any atom is -0.323 e. The maximum absolute atomic E-state index is 11.9. The van der Waals surface area contributed by atoms with Crippen molar-refractivity contribution in [2.75, 3.05) is 5.32 Å². The molecule has 2 aromatic rings. The third-order valence-electron chi connectivity index (χ3n) is 3.24. The topological polar surface area (TPSA) is 68.9 Å². The molecule has 0 atom stereocenters. The summed E-state index contributed by atoms with van der Waals surface area (Å²) < 4.78 is 3.37. The van der Waals surface area contributed by atoms with E-state index in [0.29, 0.717) is 12.2 Å². The highest BCUT2D eigenvalue weighted by Crippen LogP contribution is 2.10. The Morgan fingerprint density at radius 1 is 1.38 bits per heavy atom. The van der Waals surface area contributed by atoms with E-state index in [9.17, 15) is 9.59 Å². The smallest absolute Gasteiger partial charge is 0.250 e. The summed E-state index contributed by atoms with van der Waals surface area (Å²) in [5.41, 5.74) is 1.43. The first kappa shape index (κ1) is 15.0. The van der Waals surface area contributed by atoms with Gasteiger partial charge < -0.3 is 9.88 Å². The van der Waals surface area contributed by atoms with Gasteiger partial charge in [-0.15, -0.1) is 0 Å². The Kier molecular flexibility index (Phi) is 4.57. The monoisotopic (exact) mass is 288 g/mol. The number of rotatable bonds is 5. The molecule has 1 amide bonds. The molecule has 0 aromatic carbocycles. The molecule has 2 rings (SSSR count). The Bertz CT molecular complexity index is 685. The number of carbonyl (C=O) groups excluding carboxylic acids is 1. The van der Waals surface area contributed by atoms with E-state index in [1.54, 1.807) is 27.7 Å². The van der Waals surface area contributed by atoms with Crippen molar-refractivity contribution in [2.45, 2.75) is 39.8 Å². The highest BCUT2D eigenvalue weighted by molar-refractivity contribution is 5.90. The normalized spacial score (nSPS) is 10.9. The Morgan fingerprint density at radius 3 is 2.76 bits per heavy atom. The number of nitrogens with one attached hydrogen (secondary N) is 1. The van der Waals surface area contributed by atoms with Crippen LogP contribution < -0.4 is 10.9 Å². The molecule has 0 aliphatic carbocycles. The van der Waals surface area contributed by atoms with Gasteiger partial charge in [0.05, 0.1) is 11.9 Å². The van der Waals surface area contributed by atoms with Crippen LogP contribution in [0.25, 0.3) is 0 Å². The van der Waals surface area contributed by atoms with Gasteiger partial charge in [0.2, 0.25) is 5.91 Å². The number of nitrogens with zero attached hydrogens (tertiary/aromatic N) is 3. The highest BCUT2D eigenvalue weighted by Gasteiger charge is 2.07. The first-order valence-electron chi connectivity index (χ1n) is 6.98. The standard InChI is InChI=1S/C15H20N4O2/c1-11(2)19-10-13(9-16-19)17-14(20)7-8-18-12(3)5-4-6-15(18)21/h4-6,9-11H,7-8H2,1-3H3,(H,17,20). The van der Waals surface area contributed by atoms with Gasteiger partial charge in [0.15, 0.2) is 0 Å². The van der Waals surface area contributed by atoms with Crippen molar-refractivity contribution in [3.8, 4) is 0 Å². The van der Waals surface area contributed by atoms with Crippen molar-refractivity contribution >= 4 is 11.6 Å². The lowest BCUT2D eigenvalue weighted by atomic mass is 10.3. The third-order valence-corrected chi connectivity index (χ3v) is 3.24. The zero-order valence-corrected chi connectivity index (χ0v) is 12.5. The largest absolute Gasteiger partial charge is 0.323 e. The molecule has 6 heteroatoms. The van der Waals surface area contributed by atoms with E-state index in [1.165, 1.54) is 6.07 Å². The predicted octanol–water partition coefficient (Wildman–Crippen LogP) is 1.96. The second-order valence-electron chi connectivity index (χ2n) is 5.26. The fourth-order valence-electron chi connectivity index (χ4n) is 2.03. The number of aryl methyl sites for hydroxylation is 1. The number of aromatic nitrogens is 3. The summed E-state index contributed by atoms with van der Waals surface area (Å²) in [6.45, 7) is 6.26. The molecule has 1 N–H and O–H groups in total. The molecule has 2 aromatic heterocycles. The fourth-order valence-corrected chi connectivity index (χ4v) is 2.03. The van der Waals surface area contributed by atoms with Crippen LogP contribution >= 0.6 is 0 Å². The van der Waals surface area contributed by atoms with Gasteiger partial charge in [-0.3, -0.25) is 14.3 Å². The molecule has 6 nitrogen and oxygen atoms in total. The maximum Gasteiger partial charge on any atom is 0.250 e. The second kappa shape index (κ2) is 6.39. The summed E-state index contributed by atoms with van der Waals surface area (Å²) in [4.78, 5) is 23.6. The van der Waals surface area contributed by atoms with Crippen LogP contribution in [-0.2, 0) is 11.3 Å². The predicted molar refractivity (Wildman–Crippen MR) is 81.3 cm³/mol. The summed E-state index contributed by atoms with van der Waals surface area (Å²) in [5, 5.41) is 6.95. The van der Waals surface area contributed by atoms with Gasteiger partial charge in [-0.05, 0) is 26.8 Å². The Hall–Kier alpha value is -2.37. The zero-order valence-electron chi connectivity index (χ0n) is 12.5. The first-order valence-corrected chi connectivity index (χ1v) is 6.98. The van der Waals surface area contributed by atoms with Crippen molar-refractivity contribution in [3.63, 3.8) is 0 Å². The van der Waals surface area contributed by atoms with Crippen LogP contribution in [0.4, 0.5) is 5.69 Å². The summed E-state index contributed by atoms with van der Waals surface area (Å²) in [6, 6.07) is 5.32. The van der Waals surface area contributed by atoms with E-state index in [4.69, 9.17) is 0 Å². The summed E-state index contributed by atoms with van der Waals surface area (Å²) in [5.74, 6) is -0.131. The van der Waals surface area contributed by atoms with Crippen LogP contribution in [0.3, 0.4) is 0 Å². The molecule has 0 saturated heterocycles. The van der Waals surface area contributed by atoms with Crippen LogP contribution in [-0.4, -0.2) is 20.3 Å². The van der Waals surface area contributed by atoms with Crippen molar-refractivity contribution in [2.24, 2.45) is 0 Å². The average molecular weight is 288 g/mol. The number of anilines is 1. The number of hydrogen-bond donors (Lipinski definition) is 1.